The van der Waals surface area contributed by atoms with Crippen LogP contribution in [-0.4, -0.2) is 18.7 Å². The Morgan fingerprint density at radius 3 is 2.56 bits per heavy atom. The first kappa shape index (κ1) is 21.8. The molecule has 0 aliphatic rings. The van der Waals surface area contributed by atoms with Crippen LogP contribution in [0.15, 0.2) is 46.9 Å². The van der Waals surface area contributed by atoms with E-state index in [1.165, 1.54) is 0 Å². The van der Waals surface area contributed by atoms with Gasteiger partial charge in [-0.25, -0.2) is 0 Å². The van der Waals surface area contributed by atoms with Crippen molar-refractivity contribution < 1.29 is 13.9 Å². The molecular weight excluding hydrogens is 446 g/mol. The number of carbonyl (C=O) groups excluding carboxylic acids is 1. The van der Waals surface area contributed by atoms with E-state index in [4.69, 9.17) is 4.52 Å². The molecule has 5 nitrogen and oxygen atoms in total. The van der Waals surface area contributed by atoms with E-state index < -0.39 is 7.06 Å². The van der Waals surface area contributed by atoms with Gasteiger partial charge >= 0.3 is 0 Å². The van der Waals surface area contributed by atoms with Crippen LogP contribution >= 0.6 is 31.3 Å². The van der Waals surface area contributed by atoms with Crippen molar-refractivity contribution in [1.29, 1.82) is 5.26 Å². The minimum absolute atomic E-state index is 0.282. The second-order valence-corrected chi connectivity index (χ2v) is 12.6. The van der Waals surface area contributed by atoms with Crippen LogP contribution in [0.4, 0.5) is 5.69 Å². The molecule has 0 bridgehead atoms. The van der Waals surface area contributed by atoms with Crippen LogP contribution in [0, 0.1) is 11.3 Å². The Bertz CT molecular complexity index is 885. The highest BCUT2D eigenvalue weighted by atomic mass is 79.9. The number of carbonyl (C=O) groups is 1. The molecule has 2 atom stereocenters. The number of rotatable bonds is 8. The van der Waals surface area contributed by atoms with Gasteiger partial charge in [0.05, 0.1) is 24.0 Å². The molecule has 27 heavy (non-hydrogen) atoms. The number of nitrogens with zero attached hydrogens (tertiary/aromatic N) is 1. The molecule has 0 saturated carbocycles. The van der Waals surface area contributed by atoms with Crippen molar-refractivity contribution in [1.82, 2.24) is 0 Å². The molecule has 142 valence electrons. The zero-order valence-electron chi connectivity index (χ0n) is 15.2. The highest BCUT2D eigenvalue weighted by molar-refractivity contribution is 9.10. The molecule has 0 radical (unpaired) electrons. The second-order valence-electron chi connectivity index (χ2n) is 5.71. The molecule has 0 aromatic heterocycles. The highest BCUT2D eigenvalue weighted by Crippen LogP contribution is 2.66. The predicted molar refractivity (Wildman–Crippen MR) is 115 cm³/mol. The maximum absolute atomic E-state index is 12.8. The molecule has 0 aliphatic heterocycles. The number of nitriles is 1. The van der Waals surface area contributed by atoms with Crippen molar-refractivity contribution in [2.75, 3.05) is 18.1 Å². The Kier molecular flexibility index (Phi) is 8.20. The minimum Gasteiger partial charge on any atom is -0.326 e. The van der Waals surface area contributed by atoms with Crippen LogP contribution in [-0.2, 0) is 15.3 Å². The van der Waals surface area contributed by atoms with Gasteiger partial charge in [0, 0.05) is 10.0 Å². The lowest BCUT2D eigenvalue weighted by Gasteiger charge is -2.17. The van der Waals surface area contributed by atoms with Crippen LogP contribution < -0.4 is 5.32 Å². The highest BCUT2D eigenvalue weighted by Gasteiger charge is 2.22. The summed E-state index contributed by atoms with van der Waals surface area (Å²) in [7, 11) is -2.38. The van der Waals surface area contributed by atoms with Crippen LogP contribution in [0.25, 0.3) is 0 Å². The van der Waals surface area contributed by atoms with Gasteiger partial charge in [-0.05, 0) is 57.3 Å². The normalized spacial score (nSPS) is 13.3. The van der Waals surface area contributed by atoms with Crippen LogP contribution in [0.3, 0.4) is 0 Å². The number of nitrogens with one attached hydrogen (secondary N) is 1. The average molecular weight is 467 g/mol. The maximum atomic E-state index is 12.8. The molecule has 0 fully saturated rings. The molecule has 0 aliphatic carbocycles. The Balaban J connectivity index is 2.12. The molecule has 0 saturated heterocycles. The summed E-state index contributed by atoms with van der Waals surface area (Å²) in [6.45, 7) is 4.27. The number of amides is 1. The molecule has 2 unspecified atom stereocenters. The van der Waals surface area contributed by atoms with Gasteiger partial charge in [0.25, 0.3) is 5.91 Å². The number of hydrogen-bond donors (Lipinski definition) is 1. The zero-order chi connectivity index (χ0) is 19.9. The Labute approximate surface area is 169 Å². The largest absolute Gasteiger partial charge is 0.326 e. The summed E-state index contributed by atoms with van der Waals surface area (Å²) in [5.74, 6) is -0.302. The maximum Gasteiger partial charge on any atom is 0.255 e. The van der Waals surface area contributed by atoms with Crippen molar-refractivity contribution in [3.8, 4) is 6.07 Å². The summed E-state index contributed by atoms with van der Waals surface area (Å²) in [6, 6.07) is 14.1. The van der Waals surface area contributed by atoms with Crippen molar-refractivity contribution in [3.05, 3.63) is 63.6 Å². The Morgan fingerprint density at radius 2 is 1.96 bits per heavy atom. The molecule has 8 heteroatoms. The number of halogens is 1. The third-order valence-electron chi connectivity index (χ3n) is 3.69. The van der Waals surface area contributed by atoms with Gasteiger partial charge in [-0.3, -0.25) is 9.36 Å². The molecule has 2 aromatic rings. The van der Waals surface area contributed by atoms with Gasteiger partial charge < -0.3 is 9.84 Å². The lowest BCUT2D eigenvalue weighted by molar-refractivity contribution is 0.102. The predicted octanol–water partition coefficient (Wildman–Crippen LogP) is 6.00. The van der Waals surface area contributed by atoms with E-state index in [-0.39, 0.29) is 14.2 Å². The second kappa shape index (κ2) is 10.2. The third-order valence-corrected chi connectivity index (χ3v) is 9.70. The minimum atomic E-state index is -2.66. The molecule has 2 aromatic carbocycles. The van der Waals surface area contributed by atoms with Crippen LogP contribution in [0.2, 0.25) is 0 Å². The van der Waals surface area contributed by atoms with E-state index in [1.807, 2.05) is 13.8 Å². The first-order chi connectivity index (χ1) is 12.9. The zero-order valence-corrected chi connectivity index (χ0v) is 18.6. The van der Waals surface area contributed by atoms with Crippen molar-refractivity contribution in [2.24, 2.45) is 0 Å². The topological polar surface area (TPSA) is 79.2 Å². The first-order valence-electron chi connectivity index (χ1n) is 8.49. The smallest absolute Gasteiger partial charge is 0.255 e. The molecule has 2 rings (SSSR count). The number of benzene rings is 2. The van der Waals surface area contributed by atoms with E-state index >= 15 is 0 Å². The lowest BCUT2D eigenvalue weighted by atomic mass is 10.1. The third kappa shape index (κ3) is 6.26. The molecule has 1 amide bonds. The quantitative estimate of drug-likeness (QED) is 0.483. The van der Waals surface area contributed by atoms with Gasteiger partial charge in [0.15, 0.2) is 0 Å². The molecule has 0 spiro atoms. The van der Waals surface area contributed by atoms with E-state index in [9.17, 15) is 14.6 Å². The molecule has 0 heterocycles. The first-order valence-corrected chi connectivity index (χ1v) is 13.1. The standard InChI is InChI=1S/C19H21BrN2O3P2/c1-3-25-27(24,26-4-2)13-14-5-7-15(8-6-14)19(23)22-18-10-9-17(20)11-16(18)12-21/h5-11,26H,3-4,13H2,1-2H3,(H,22,23). The van der Waals surface area contributed by atoms with Gasteiger partial charge in [0.1, 0.15) is 6.07 Å². The number of hydrogen-bond acceptors (Lipinski definition) is 4. The fourth-order valence-electron chi connectivity index (χ4n) is 2.51. The Morgan fingerprint density at radius 1 is 1.26 bits per heavy atom. The van der Waals surface area contributed by atoms with Crippen molar-refractivity contribution in [2.45, 2.75) is 20.0 Å². The monoisotopic (exact) mass is 466 g/mol. The average Bonchev–Trinajstić information content (AvgIpc) is 2.64. The Hall–Kier alpha value is -1.50. The fraction of sp³-hybridized carbons (Fsp3) is 0.263. The molecular formula is C19H21BrN2O3P2. The lowest BCUT2D eigenvalue weighted by Crippen LogP contribution is -2.12. The van der Waals surface area contributed by atoms with E-state index in [1.54, 1.807) is 42.5 Å². The van der Waals surface area contributed by atoms with Gasteiger partial charge in [0.2, 0.25) is 7.06 Å². The SMILES string of the molecule is CCOP(=O)(Cc1ccc(C(=O)Nc2ccc(Br)cc2C#N)cc1)PCC. The van der Waals surface area contributed by atoms with Gasteiger partial charge in [-0.15, -0.1) is 0 Å². The van der Waals surface area contributed by atoms with Gasteiger partial charge in [-0.2, -0.15) is 5.26 Å². The van der Waals surface area contributed by atoms with Crippen LogP contribution in [0.1, 0.15) is 35.3 Å². The summed E-state index contributed by atoms with van der Waals surface area (Å²) in [4.78, 5) is 12.5. The van der Waals surface area contributed by atoms with Crippen molar-refractivity contribution >= 4 is 42.9 Å². The number of anilines is 1. The summed E-state index contributed by atoms with van der Waals surface area (Å²) in [5, 5.41) is 12.0. The van der Waals surface area contributed by atoms with E-state index in [0.29, 0.717) is 29.6 Å². The van der Waals surface area contributed by atoms with Crippen LogP contribution in [0.5, 0.6) is 0 Å². The van der Waals surface area contributed by atoms with Gasteiger partial charge in [-0.1, -0.05) is 35.0 Å². The summed E-state index contributed by atoms with van der Waals surface area (Å²) >= 11 is 3.31. The summed E-state index contributed by atoms with van der Waals surface area (Å²) in [6.07, 6.45) is 1.20. The van der Waals surface area contributed by atoms with E-state index in [0.717, 1.165) is 16.2 Å². The van der Waals surface area contributed by atoms with Crippen molar-refractivity contribution in [3.63, 3.8) is 0 Å². The summed E-state index contributed by atoms with van der Waals surface area (Å²) < 4.78 is 19.1. The van der Waals surface area contributed by atoms with E-state index in [2.05, 4.69) is 27.3 Å². The summed E-state index contributed by atoms with van der Waals surface area (Å²) in [5.41, 5.74) is 2.19. The fourth-order valence-corrected chi connectivity index (χ4v) is 7.75. The molecule has 1 N–H and O–H groups in total.